The maximum absolute atomic E-state index is 12.3. The van der Waals surface area contributed by atoms with Crippen molar-refractivity contribution in [2.45, 2.75) is 34.1 Å². The molecule has 4 heterocycles. The van der Waals surface area contributed by atoms with Crippen LogP contribution in [0.1, 0.15) is 31.0 Å². The molecule has 1 aliphatic heterocycles. The number of hydrogen-bond acceptors (Lipinski definition) is 8. The van der Waals surface area contributed by atoms with E-state index >= 15 is 0 Å². The molecule has 0 aliphatic carbocycles. The second kappa shape index (κ2) is 8.69. The first kappa shape index (κ1) is 20.7. The molecule has 1 amide bonds. The van der Waals surface area contributed by atoms with Crippen molar-refractivity contribution in [2.24, 2.45) is 5.92 Å². The van der Waals surface area contributed by atoms with E-state index in [2.05, 4.69) is 44.5 Å². The average Bonchev–Trinajstić information content (AvgIpc) is 3.27. The van der Waals surface area contributed by atoms with Crippen LogP contribution in [0.15, 0.2) is 16.0 Å². The van der Waals surface area contributed by atoms with Gasteiger partial charge in [-0.1, -0.05) is 19.0 Å². The minimum atomic E-state index is -0.0749. The van der Waals surface area contributed by atoms with Crippen molar-refractivity contribution in [3.05, 3.63) is 28.6 Å². The fourth-order valence-electron chi connectivity index (χ4n) is 3.83. The van der Waals surface area contributed by atoms with Crippen LogP contribution in [-0.2, 0) is 11.2 Å². The maximum Gasteiger partial charge on any atom is 0.239 e. The van der Waals surface area contributed by atoms with Crippen LogP contribution in [0.25, 0.3) is 10.2 Å². The number of rotatable bonds is 6. The van der Waals surface area contributed by atoms with Crippen LogP contribution in [0, 0.1) is 19.8 Å². The van der Waals surface area contributed by atoms with Crippen molar-refractivity contribution >= 4 is 39.1 Å². The van der Waals surface area contributed by atoms with E-state index in [0.29, 0.717) is 24.0 Å². The zero-order valence-corrected chi connectivity index (χ0v) is 18.8. The SMILES string of the molecule is Cc1nc(N2CCN(CC(=O)Nc3cc(C)on3)CC2)c2c(CC(C)C)csc2n1. The van der Waals surface area contributed by atoms with Crippen molar-refractivity contribution in [1.29, 1.82) is 0 Å². The third-order valence-electron chi connectivity index (χ3n) is 5.17. The normalized spacial score (nSPS) is 15.3. The van der Waals surface area contributed by atoms with Gasteiger partial charge in [0.15, 0.2) is 5.82 Å². The van der Waals surface area contributed by atoms with Crippen molar-refractivity contribution < 1.29 is 9.32 Å². The lowest BCUT2D eigenvalue weighted by Crippen LogP contribution is -2.49. The highest BCUT2D eigenvalue weighted by Gasteiger charge is 2.24. The monoisotopic (exact) mass is 428 g/mol. The van der Waals surface area contributed by atoms with E-state index in [1.807, 2.05) is 6.92 Å². The summed E-state index contributed by atoms with van der Waals surface area (Å²) in [5.74, 6) is 3.49. The summed E-state index contributed by atoms with van der Waals surface area (Å²) in [4.78, 5) is 27.3. The van der Waals surface area contributed by atoms with Crippen molar-refractivity contribution in [3.8, 4) is 0 Å². The highest BCUT2D eigenvalue weighted by Crippen LogP contribution is 2.34. The number of aryl methyl sites for hydroxylation is 2. The Balaban J connectivity index is 1.43. The van der Waals surface area contributed by atoms with Crippen LogP contribution in [0.2, 0.25) is 0 Å². The number of aromatic nitrogens is 3. The Hall–Kier alpha value is -2.52. The second-order valence-corrected chi connectivity index (χ2v) is 9.13. The van der Waals surface area contributed by atoms with Gasteiger partial charge in [0.2, 0.25) is 5.91 Å². The number of thiophene rings is 1. The van der Waals surface area contributed by atoms with E-state index in [-0.39, 0.29) is 5.91 Å². The number of nitrogens with zero attached hydrogens (tertiary/aromatic N) is 5. The number of nitrogens with one attached hydrogen (secondary N) is 1. The highest BCUT2D eigenvalue weighted by molar-refractivity contribution is 7.17. The molecule has 160 valence electrons. The lowest BCUT2D eigenvalue weighted by atomic mass is 10.0. The van der Waals surface area contributed by atoms with Gasteiger partial charge in [0.1, 0.15) is 22.2 Å². The van der Waals surface area contributed by atoms with Gasteiger partial charge in [0.25, 0.3) is 0 Å². The van der Waals surface area contributed by atoms with E-state index in [1.54, 1.807) is 24.3 Å². The van der Waals surface area contributed by atoms with Gasteiger partial charge < -0.3 is 14.7 Å². The first-order chi connectivity index (χ1) is 14.4. The Morgan fingerprint density at radius 1 is 1.23 bits per heavy atom. The molecule has 9 heteroatoms. The van der Waals surface area contributed by atoms with Crippen LogP contribution in [0.4, 0.5) is 11.6 Å². The Morgan fingerprint density at radius 3 is 2.67 bits per heavy atom. The van der Waals surface area contributed by atoms with E-state index < -0.39 is 0 Å². The predicted molar refractivity (Wildman–Crippen MR) is 119 cm³/mol. The number of carbonyl (C=O) groups excluding carboxylic acids is 1. The highest BCUT2D eigenvalue weighted by atomic mass is 32.1. The fourth-order valence-corrected chi connectivity index (χ4v) is 4.83. The molecule has 0 atom stereocenters. The molecule has 0 saturated carbocycles. The lowest BCUT2D eigenvalue weighted by Gasteiger charge is -2.35. The van der Waals surface area contributed by atoms with Gasteiger partial charge in [-0.25, -0.2) is 9.97 Å². The number of amides is 1. The van der Waals surface area contributed by atoms with Gasteiger partial charge >= 0.3 is 0 Å². The van der Waals surface area contributed by atoms with Gasteiger partial charge in [-0.3, -0.25) is 9.69 Å². The molecule has 1 N–H and O–H groups in total. The minimum absolute atomic E-state index is 0.0749. The molecule has 30 heavy (non-hydrogen) atoms. The number of carbonyl (C=O) groups is 1. The van der Waals surface area contributed by atoms with Crippen molar-refractivity contribution in [3.63, 3.8) is 0 Å². The zero-order valence-electron chi connectivity index (χ0n) is 17.9. The molecular formula is C21H28N6O2S. The molecule has 8 nitrogen and oxygen atoms in total. The standard InChI is InChI=1S/C21H28N6O2S/c1-13(2)9-16-12-30-21-19(16)20(22-15(4)23-21)27-7-5-26(6-8-27)11-18(28)24-17-10-14(3)29-25-17/h10,12-13H,5-9,11H2,1-4H3,(H,24,25,28). The van der Waals surface area contributed by atoms with E-state index in [1.165, 1.54) is 10.9 Å². The molecule has 3 aromatic heterocycles. The number of piperazine rings is 1. The number of hydrogen-bond donors (Lipinski definition) is 1. The van der Waals surface area contributed by atoms with Crippen LogP contribution in [0.5, 0.6) is 0 Å². The number of fused-ring (bicyclic) bond motifs is 1. The Bertz CT molecular complexity index is 1040. The average molecular weight is 429 g/mol. The summed E-state index contributed by atoms with van der Waals surface area (Å²) in [6.45, 7) is 11.8. The summed E-state index contributed by atoms with van der Waals surface area (Å²) >= 11 is 1.71. The molecule has 1 aliphatic rings. The Morgan fingerprint density at radius 2 is 2.00 bits per heavy atom. The van der Waals surface area contributed by atoms with Gasteiger partial charge in [-0.2, -0.15) is 0 Å². The molecule has 0 bridgehead atoms. The first-order valence-electron chi connectivity index (χ1n) is 10.3. The van der Waals surface area contributed by atoms with E-state index in [4.69, 9.17) is 9.51 Å². The Kier molecular flexibility index (Phi) is 6.01. The lowest BCUT2D eigenvalue weighted by molar-refractivity contribution is -0.117. The Labute approximate surface area is 180 Å². The third kappa shape index (κ3) is 4.62. The van der Waals surface area contributed by atoms with Crippen LogP contribution in [-0.4, -0.2) is 58.7 Å². The van der Waals surface area contributed by atoms with Gasteiger partial charge in [0.05, 0.1) is 11.9 Å². The summed E-state index contributed by atoms with van der Waals surface area (Å²) in [6.07, 6.45) is 1.03. The fraction of sp³-hybridized carbons (Fsp3) is 0.524. The van der Waals surface area contributed by atoms with Gasteiger partial charge in [-0.05, 0) is 37.1 Å². The zero-order chi connectivity index (χ0) is 21.3. The number of anilines is 2. The summed E-state index contributed by atoms with van der Waals surface area (Å²) in [6, 6.07) is 1.72. The molecule has 1 fully saturated rings. The smallest absolute Gasteiger partial charge is 0.239 e. The maximum atomic E-state index is 12.3. The summed E-state index contributed by atoms with van der Waals surface area (Å²) < 4.78 is 4.99. The first-order valence-corrected chi connectivity index (χ1v) is 11.2. The van der Waals surface area contributed by atoms with E-state index in [0.717, 1.165) is 49.1 Å². The summed E-state index contributed by atoms with van der Waals surface area (Å²) in [5.41, 5.74) is 1.34. The molecule has 1 saturated heterocycles. The minimum Gasteiger partial charge on any atom is -0.360 e. The largest absolute Gasteiger partial charge is 0.360 e. The third-order valence-corrected chi connectivity index (χ3v) is 6.09. The van der Waals surface area contributed by atoms with Gasteiger partial charge in [0, 0.05) is 32.2 Å². The van der Waals surface area contributed by atoms with Crippen LogP contribution in [0.3, 0.4) is 0 Å². The molecular weight excluding hydrogens is 400 g/mol. The summed E-state index contributed by atoms with van der Waals surface area (Å²) in [7, 11) is 0. The molecule has 0 aromatic carbocycles. The van der Waals surface area contributed by atoms with Gasteiger partial charge in [-0.15, -0.1) is 11.3 Å². The second-order valence-electron chi connectivity index (χ2n) is 8.27. The molecule has 4 rings (SSSR count). The van der Waals surface area contributed by atoms with Crippen LogP contribution < -0.4 is 10.2 Å². The quantitative estimate of drug-likeness (QED) is 0.645. The van der Waals surface area contributed by atoms with Crippen molar-refractivity contribution in [2.75, 3.05) is 42.9 Å². The predicted octanol–water partition coefficient (Wildman–Crippen LogP) is 3.26. The molecule has 0 unspecified atom stereocenters. The van der Waals surface area contributed by atoms with Crippen LogP contribution >= 0.6 is 11.3 Å². The summed E-state index contributed by atoms with van der Waals surface area (Å²) in [5, 5.41) is 10.0. The topological polar surface area (TPSA) is 87.4 Å². The molecule has 3 aromatic rings. The van der Waals surface area contributed by atoms with E-state index in [9.17, 15) is 4.79 Å². The molecule has 0 spiro atoms. The molecule has 0 radical (unpaired) electrons. The van der Waals surface area contributed by atoms with Crippen molar-refractivity contribution in [1.82, 2.24) is 20.0 Å².